The number of amides is 1. The molecule has 0 aliphatic carbocycles. The summed E-state index contributed by atoms with van der Waals surface area (Å²) in [7, 11) is 0. The molecule has 0 saturated carbocycles. The topological polar surface area (TPSA) is 55.1 Å². The van der Waals surface area contributed by atoms with Gasteiger partial charge in [-0.2, -0.15) is 0 Å². The number of nitrogens with zero attached hydrogens (tertiary/aromatic N) is 1. The largest absolute Gasteiger partial charge is 0.436 e. The van der Waals surface area contributed by atoms with Crippen molar-refractivity contribution in [3.8, 4) is 11.5 Å². The lowest BCUT2D eigenvalue weighted by Crippen LogP contribution is -2.12. The fourth-order valence-electron chi connectivity index (χ4n) is 3.19. The molecule has 4 rings (SSSR count). The fraction of sp³-hybridized carbons (Fsp3) is 0.167. The van der Waals surface area contributed by atoms with Crippen molar-refractivity contribution in [2.75, 3.05) is 5.32 Å². The van der Waals surface area contributed by atoms with Crippen LogP contribution in [0.3, 0.4) is 0 Å². The molecule has 3 aromatic carbocycles. The normalized spacial score (nSPS) is 12.1. The zero-order valence-electron chi connectivity index (χ0n) is 16.6. The van der Waals surface area contributed by atoms with Crippen LogP contribution in [-0.2, 0) is 0 Å². The van der Waals surface area contributed by atoms with E-state index < -0.39 is 0 Å². The first-order valence-corrected chi connectivity index (χ1v) is 11.2. The maximum atomic E-state index is 12.6. The van der Waals surface area contributed by atoms with E-state index in [9.17, 15) is 4.79 Å². The van der Waals surface area contributed by atoms with Gasteiger partial charge in [-0.1, -0.05) is 37.6 Å². The summed E-state index contributed by atoms with van der Waals surface area (Å²) in [6.07, 6.45) is 1.07. The van der Waals surface area contributed by atoms with Gasteiger partial charge in [-0.05, 0) is 89.0 Å². The number of hydrogen-bond donors (Lipinski definition) is 1. The van der Waals surface area contributed by atoms with Gasteiger partial charge in [0.05, 0.1) is 10.7 Å². The van der Waals surface area contributed by atoms with E-state index in [4.69, 9.17) is 16.0 Å². The van der Waals surface area contributed by atoms with Crippen LogP contribution in [0.25, 0.3) is 22.6 Å². The molecule has 0 bridgehead atoms. The van der Waals surface area contributed by atoms with Crippen molar-refractivity contribution in [1.29, 1.82) is 0 Å². The van der Waals surface area contributed by atoms with Crippen molar-refractivity contribution in [2.24, 2.45) is 0 Å². The number of carbonyl (C=O) groups excluding carboxylic acids is 1. The van der Waals surface area contributed by atoms with Gasteiger partial charge in [-0.3, -0.25) is 4.79 Å². The van der Waals surface area contributed by atoms with E-state index in [-0.39, 0.29) is 5.91 Å². The van der Waals surface area contributed by atoms with Gasteiger partial charge in [0.1, 0.15) is 5.52 Å². The quantitative estimate of drug-likeness (QED) is 0.272. The Morgan fingerprint density at radius 3 is 2.77 bits per heavy atom. The van der Waals surface area contributed by atoms with Gasteiger partial charge in [0, 0.05) is 14.7 Å². The molecule has 0 saturated heterocycles. The SMILES string of the molecule is CC[C@@H](C)c1ccc2oc(-c3ccc(Cl)c(NC(=O)c4cccc(I)c4)c3)nc2c1. The number of halogens is 2. The molecule has 0 spiro atoms. The molecule has 1 N–H and O–H groups in total. The van der Waals surface area contributed by atoms with E-state index in [0.717, 1.165) is 26.7 Å². The van der Waals surface area contributed by atoms with Gasteiger partial charge in [0.2, 0.25) is 5.89 Å². The van der Waals surface area contributed by atoms with Gasteiger partial charge < -0.3 is 9.73 Å². The zero-order chi connectivity index (χ0) is 21.3. The van der Waals surface area contributed by atoms with Crippen molar-refractivity contribution >= 4 is 56.9 Å². The monoisotopic (exact) mass is 530 g/mol. The fourth-order valence-corrected chi connectivity index (χ4v) is 3.90. The minimum atomic E-state index is -0.219. The summed E-state index contributed by atoms with van der Waals surface area (Å²) in [6, 6.07) is 18.9. The summed E-state index contributed by atoms with van der Waals surface area (Å²) in [5.74, 6) is 0.740. The lowest BCUT2D eigenvalue weighted by Gasteiger charge is -2.09. The predicted molar refractivity (Wildman–Crippen MR) is 130 cm³/mol. The molecule has 0 aliphatic heterocycles. The molecule has 1 amide bonds. The van der Waals surface area contributed by atoms with E-state index >= 15 is 0 Å². The number of benzene rings is 3. The lowest BCUT2D eigenvalue weighted by atomic mass is 9.98. The Labute approximate surface area is 193 Å². The summed E-state index contributed by atoms with van der Waals surface area (Å²) in [5, 5.41) is 3.34. The molecule has 0 aliphatic rings. The maximum Gasteiger partial charge on any atom is 0.255 e. The third-order valence-corrected chi connectivity index (χ3v) is 6.14. The Balaban J connectivity index is 1.65. The highest BCUT2D eigenvalue weighted by Gasteiger charge is 2.14. The summed E-state index contributed by atoms with van der Waals surface area (Å²) in [4.78, 5) is 17.3. The van der Waals surface area contributed by atoms with Crippen molar-refractivity contribution in [1.82, 2.24) is 4.98 Å². The third-order valence-electron chi connectivity index (χ3n) is 5.14. The van der Waals surface area contributed by atoms with Crippen LogP contribution in [0.2, 0.25) is 5.02 Å². The number of anilines is 1. The van der Waals surface area contributed by atoms with Crippen LogP contribution >= 0.6 is 34.2 Å². The molecule has 6 heteroatoms. The summed E-state index contributed by atoms with van der Waals surface area (Å²) in [6.45, 7) is 4.37. The number of fused-ring (bicyclic) bond motifs is 1. The van der Waals surface area contributed by atoms with Crippen molar-refractivity contribution in [3.63, 3.8) is 0 Å². The van der Waals surface area contributed by atoms with Crippen LogP contribution in [-0.4, -0.2) is 10.9 Å². The van der Waals surface area contributed by atoms with Crippen LogP contribution in [0.5, 0.6) is 0 Å². The van der Waals surface area contributed by atoms with Crippen molar-refractivity contribution in [2.45, 2.75) is 26.2 Å². The average Bonchev–Trinajstić information content (AvgIpc) is 3.18. The van der Waals surface area contributed by atoms with Crippen LogP contribution in [0.4, 0.5) is 5.69 Å². The molecule has 30 heavy (non-hydrogen) atoms. The molecule has 152 valence electrons. The highest BCUT2D eigenvalue weighted by molar-refractivity contribution is 14.1. The summed E-state index contributed by atoms with van der Waals surface area (Å²) in [5.41, 5.74) is 4.63. The number of rotatable bonds is 5. The van der Waals surface area contributed by atoms with E-state index in [2.05, 4.69) is 58.9 Å². The molecular weight excluding hydrogens is 511 g/mol. The van der Waals surface area contributed by atoms with Gasteiger partial charge in [-0.15, -0.1) is 0 Å². The van der Waals surface area contributed by atoms with E-state index in [1.54, 1.807) is 18.2 Å². The summed E-state index contributed by atoms with van der Waals surface area (Å²) < 4.78 is 6.94. The van der Waals surface area contributed by atoms with Gasteiger partial charge in [0.25, 0.3) is 5.91 Å². The van der Waals surface area contributed by atoms with Gasteiger partial charge in [0.15, 0.2) is 5.58 Å². The van der Waals surface area contributed by atoms with Gasteiger partial charge >= 0.3 is 0 Å². The molecule has 0 fully saturated rings. The molecule has 1 aromatic heterocycles. The molecule has 4 aromatic rings. The number of oxazole rings is 1. The first-order valence-electron chi connectivity index (χ1n) is 9.72. The Kier molecular flexibility index (Phi) is 6.11. The molecule has 1 heterocycles. The maximum absolute atomic E-state index is 12.6. The lowest BCUT2D eigenvalue weighted by molar-refractivity contribution is 0.102. The summed E-state index contributed by atoms with van der Waals surface area (Å²) >= 11 is 8.51. The second kappa shape index (κ2) is 8.78. The van der Waals surface area contributed by atoms with E-state index in [1.807, 2.05) is 30.3 Å². The van der Waals surface area contributed by atoms with Crippen LogP contribution in [0.1, 0.15) is 42.1 Å². The molecular formula is C24H20ClIN2O2. The molecule has 1 atom stereocenters. The van der Waals surface area contributed by atoms with Crippen molar-refractivity contribution in [3.05, 3.63) is 80.4 Å². The van der Waals surface area contributed by atoms with E-state index in [0.29, 0.717) is 28.1 Å². The van der Waals surface area contributed by atoms with Crippen LogP contribution in [0.15, 0.2) is 65.1 Å². The molecule has 0 unspecified atom stereocenters. The third kappa shape index (κ3) is 4.37. The highest BCUT2D eigenvalue weighted by atomic mass is 127. The number of nitrogens with one attached hydrogen (secondary N) is 1. The minimum Gasteiger partial charge on any atom is -0.436 e. The first-order chi connectivity index (χ1) is 14.4. The number of hydrogen-bond acceptors (Lipinski definition) is 3. The first kappa shape index (κ1) is 20.9. The minimum absolute atomic E-state index is 0.219. The van der Waals surface area contributed by atoms with E-state index in [1.165, 1.54) is 5.56 Å². The Morgan fingerprint density at radius 2 is 2.00 bits per heavy atom. The zero-order valence-corrected chi connectivity index (χ0v) is 19.5. The predicted octanol–water partition coefficient (Wildman–Crippen LogP) is 7.52. The Bertz CT molecular complexity index is 1240. The molecule has 4 nitrogen and oxygen atoms in total. The van der Waals surface area contributed by atoms with Crippen LogP contribution in [0, 0.1) is 3.57 Å². The highest BCUT2D eigenvalue weighted by Crippen LogP contribution is 2.32. The number of aromatic nitrogens is 1. The average molecular weight is 531 g/mol. The van der Waals surface area contributed by atoms with Crippen LogP contribution < -0.4 is 5.32 Å². The standard InChI is InChI=1S/C24H20ClIN2O2/c1-3-14(2)15-8-10-22-21(12-15)28-24(30-22)17-7-9-19(25)20(13-17)27-23(29)16-5-4-6-18(26)11-16/h4-14H,3H2,1-2H3,(H,27,29)/t14-/m1/s1. The smallest absolute Gasteiger partial charge is 0.255 e. The Morgan fingerprint density at radius 1 is 1.17 bits per heavy atom. The number of carbonyl (C=O) groups is 1. The van der Waals surface area contributed by atoms with Crippen molar-refractivity contribution < 1.29 is 9.21 Å². The van der Waals surface area contributed by atoms with Gasteiger partial charge in [-0.25, -0.2) is 4.98 Å². The molecule has 0 radical (unpaired) electrons. The Hall–Kier alpha value is -2.38. The second-order valence-corrected chi connectivity index (χ2v) is 8.87. The second-order valence-electron chi connectivity index (χ2n) is 7.21.